The molecular weight excluding hydrogens is 156 g/mol. The van der Waals surface area contributed by atoms with Crippen LogP contribution < -0.4 is 0 Å². The van der Waals surface area contributed by atoms with Crippen molar-refractivity contribution in [1.29, 1.82) is 0 Å². The largest absolute Gasteiger partial charge is 0.303 e. The average Bonchev–Trinajstić information content (AvgIpc) is 2.00. The Morgan fingerprint density at radius 1 is 1.33 bits per heavy atom. The lowest BCUT2D eigenvalue weighted by Gasteiger charge is -2.04. The molecule has 0 atom stereocenters. The summed E-state index contributed by atoms with van der Waals surface area (Å²) in [6.07, 6.45) is 0.235. The van der Waals surface area contributed by atoms with Gasteiger partial charge in [-0.1, -0.05) is 6.92 Å². The summed E-state index contributed by atoms with van der Waals surface area (Å²) in [5.41, 5.74) is 0.242. The second-order valence-corrected chi connectivity index (χ2v) is 2.64. The maximum Gasteiger partial charge on any atom is 0.244 e. The molecule has 0 rings (SSSR count). The molecule has 0 aromatic carbocycles. The lowest BCUT2D eigenvalue weighted by molar-refractivity contribution is -0.132. The smallest absolute Gasteiger partial charge is 0.244 e. The predicted octanol–water partition coefficient (Wildman–Crippen LogP) is 0.472. The lowest BCUT2D eigenvalue weighted by Crippen LogP contribution is -2.23. The second kappa shape index (κ2) is 4.64. The Hall–Kier alpha value is -1.19. The monoisotopic (exact) mass is 170 g/mol. The Balaban J connectivity index is 4.39. The van der Waals surface area contributed by atoms with Crippen LogP contribution in [0.5, 0.6) is 0 Å². The third kappa shape index (κ3) is 3.27. The fraction of sp³-hybridized carbons (Fsp3) is 0.625. The van der Waals surface area contributed by atoms with E-state index >= 15 is 0 Å². The van der Waals surface area contributed by atoms with E-state index in [2.05, 4.69) is 5.10 Å². The van der Waals surface area contributed by atoms with Crippen LogP contribution in [0, 0.1) is 0 Å². The van der Waals surface area contributed by atoms with Crippen LogP contribution in [0.4, 0.5) is 0 Å². The van der Waals surface area contributed by atoms with E-state index in [0.717, 1.165) is 0 Å². The zero-order valence-corrected chi connectivity index (χ0v) is 7.92. The molecule has 12 heavy (non-hydrogen) atoms. The summed E-state index contributed by atoms with van der Waals surface area (Å²) in [6, 6.07) is 0. The molecule has 68 valence electrons. The van der Waals surface area contributed by atoms with Crippen molar-refractivity contribution in [3.05, 3.63) is 0 Å². The van der Waals surface area contributed by atoms with Crippen molar-refractivity contribution in [3.8, 4) is 0 Å². The molecule has 0 saturated carbocycles. The number of carbonyl (C=O) groups is 2. The van der Waals surface area contributed by atoms with Gasteiger partial charge in [-0.25, -0.2) is 0 Å². The van der Waals surface area contributed by atoms with Crippen molar-refractivity contribution >= 4 is 17.3 Å². The van der Waals surface area contributed by atoms with E-state index in [4.69, 9.17) is 0 Å². The molecule has 0 unspecified atom stereocenters. The highest BCUT2D eigenvalue weighted by Crippen LogP contribution is 1.89. The number of hydrogen-bond donors (Lipinski definition) is 0. The first-order valence-electron chi connectivity index (χ1n) is 3.79. The molecule has 0 amide bonds. The minimum atomic E-state index is -0.494. The highest BCUT2D eigenvalue weighted by molar-refractivity contribution is 6.64. The summed E-state index contributed by atoms with van der Waals surface area (Å²) in [7, 11) is 3.40. The number of hydrogen-bond acceptors (Lipinski definition) is 4. The average molecular weight is 170 g/mol. The zero-order chi connectivity index (χ0) is 9.72. The van der Waals surface area contributed by atoms with Crippen molar-refractivity contribution in [2.24, 2.45) is 5.10 Å². The Kier molecular flexibility index (Phi) is 4.18. The summed E-state index contributed by atoms with van der Waals surface area (Å²) in [5.74, 6) is -0.885. The Labute approximate surface area is 72.2 Å². The summed E-state index contributed by atoms with van der Waals surface area (Å²) < 4.78 is 0. The molecule has 0 heterocycles. The fourth-order valence-electron chi connectivity index (χ4n) is 0.708. The molecular formula is C8H14N2O2. The van der Waals surface area contributed by atoms with Gasteiger partial charge in [-0.2, -0.15) is 5.10 Å². The number of nitrogens with zero attached hydrogens (tertiary/aromatic N) is 2. The summed E-state index contributed by atoms with van der Waals surface area (Å²) >= 11 is 0. The number of carbonyl (C=O) groups excluding carboxylic acids is 2. The van der Waals surface area contributed by atoms with Crippen molar-refractivity contribution < 1.29 is 9.59 Å². The minimum absolute atomic E-state index is 0.235. The zero-order valence-electron chi connectivity index (χ0n) is 7.92. The van der Waals surface area contributed by atoms with Crippen LogP contribution in [0.15, 0.2) is 5.10 Å². The van der Waals surface area contributed by atoms with Gasteiger partial charge in [0, 0.05) is 20.5 Å². The van der Waals surface area contributed by atoms with Crippen LogP contribution in [0.2, 0.25) is 0 Å². The van der Waals surface area contributed by atoms with Gasteiger partial charge in [0.15, 0.2) is 0 Å². The predicted molar refractivity (Wildman–Crippen MR) is 47.1 cm³/mol. The number of ketones is 2. The quantitative estimate of drug-likeness (QED) is 0.350. The van der Waals surface area contributed by atoms with Gasteiger partial charge >= 0.3 is 0 Å². The first kappa shape index (κ1) is 10.8. The molecule has 0 bridgehead atoms. The topological polar surface area (TPSA) is 49.7 Å². The molecule has 0 saturated heterocycles. The van der Waals surface area contributed by atoms with E-state index < -0.39 is 11.6 Å². The Bertz CT molecular complexity index is 219. The SMILES string of the molecule is CCC(=O)C(=O)/C(C)=N/N(C)C. The van der Waals surface area contributed by atoms with E-state index in [-0.39, 0.29) is 12.1 Å². The van der Waals surface area contributed by atoms with Crippen molar-refractivity contribution in [3.63, 3.8) is 0 Å². The molecule has 0 radical (unpaired) electrons. The van der Waals surface area contributed by atoms with Gasteiger partial charge in [-0.05, 0) is 6.92 Å². The first-order valence-corrected chi connectivity index (χ1v) is 3.79. The molecule has 0 aromatic heterocycles. The highest BCUT2D eigenvalue weighted by Gasteiger charge is 2.14. The van der Waals surface area contributed by atoms with Crippen LogP contribution in [-0.4, -0.2) is 36.4 Å². The maximum absolute atomic E-state index is 11.1. The normalized spacial score (nSPS) is 11.2. The summed E-state index contributed by atoms with van der Waals surface area (Å²) in [4.78, 5) is 22.0. The van der Waals surface area contributed by atoms with E-state index in [0.29, 0.717) is 0 Å². The molecule has 0 aliphatic heterocycles. The van der Waals surface area contributed by atoms with Gasteiger partial charge in [-0.15, -0.1) is 0 Å². The maximum atomic E-state index is 11.1. The number of Topliss-reactive ketones (excluding diaryl/α,β-unsaturated/α-hetero) is 2. The third-order valence-electron chi connectivity index (χ3n) is 1.25. The Morgan fingerprint density at radius 2 is 1.83 bits per heavy atom. The number of hydrazone groups is 1. The molecule has 4 nitrogen and oxygen atoms in total. The van der Waals surface area contributed by atoms with Crippen LogP contribution in [0.1, 0.15) is 20.3 Å². The fourth-order valence-corrected chi connectivity index (χ4v) is 0.708. The van der Waals surface area contributed by atoms with Crippen LogP contribution in [-0.2, 0) is 9.59 Å². The standard InChI is InChI=1S/C8H14N2O2/c1-5-7(11)8(12)6(2)9-10(3)4/h5H2,1-4H3/b9-6+. The lowest BCUT2D eigenvalue weighted by atomic mass is 10.1. The van der Waals surface area contributed by atoms with Gasteiger partial charge in [0.05, 0.1) is 0 Å². The van der Waals surface area contributed by atoms with Gasteiger partial charge in [-0.3, -0.25) is 9.59 Å². The molecule has 0 spiro atoms. The van der Waals surface area contributed by atoms with Crippen LogP contribution >= 0.6 is 0 Å². The summed E-state index contributed by atoms with van der Waals surface area (Å²) in [6.45, 7) is 3.19. The van der Waals surface area contributed by atoms with E-state index in [9.17, 15) is 9.59 Å². The van der Waals surface area contributed by atoms with Gasteiger partial charge in [0.1, 0.15) is 5.71 Å². The van der Waals surface area contributed by atoms with Crippen LogP contribution in [0.25, 0.3) is 0 Å². The Morgan fingerprint density at radius 3 is 2.17 bits per heavy atom. The van der Waals surface area contributed by atoms with Gasteiger partial charge < -0.3 is 5.01 Å². The first-order chi connectivity index (χ1) is 5.49. The van der Waals surface area contributed by atoms with E-state index in [1.807, 2.05) is 0 Å². The minimum Gasteiger partial charge on any atom is -0.303 e. The van der Waals surface area contributed by atoms with Gasteiger partial charge in [0.2, 0.25) is 11.6 Å². The van der Waals surface area contributed by atoms with Crippen molar-refractivity contribution in [2.45, 2.75) is 20.3 Å². The number of rotatable bonds is 4. The molecule has 0 aliphatic rings. The van der Waals surface area contributed by atoms with E-state index in [1.54, 1.807) is 21.0 Å². The van der Waals surface area contributed by atoms with E-state index in [1.165, 1.54) is 11.9 Å². The molecule has 0 N–H and O–H groups in total. The molecule has 0 aromatic rings. The van der Waals surface area contributed by atoms with Crippen molar-refractivity contribution in [1.82, 2.24) is 5.01 Å². The summed E-state index contributed by atoms with van der Waals surface area (Å²) in [5, 5.41) is 5.32. The molecule has 0 fully saturated rings. The third-order valence-corrected chi connectivity index (χ3v) is 1.25. The van der Waals surface area contributed by atoms with Gasteiger partial charge in [0.25, 0.3) is 0 Å². The van der Waals surface area contributed by atoms with Crippen LogP contribution in [0.3, 0.4) is 0 Å². The second-order valence-electron chi connectivity index (χ2n) is 2.64. The molecule has 4 heteroatoms. The molecule has 0 aliphatic carbocycles. The highest BCUT2D eigenvalue weighted by atomic mass is 16.2. The van der Waals surface area contributed by atoms with Crippen molar-refractivity contribution in [2.75, 3.05) is 14.1 Å².